The molecule has 1 fully saturated rings. The second kappa shape index (κ2) is 12.6. The molecule has 3 aromatic rings. The molecule has 3 aromatic carbocycles. The average molecular weight is 463 g/mol. The Bertz CT molecular complexity index is 982. The molecule has 1 aliphatic heterocycles. The fourth-order valence-corrected chi connectivity index (χ4v) is 3.99. The van der Waals surface area contributed by atoms with Crippen LogP contribution >= 0.6 is 0 Å². The monoisotopic (exact) mass is 462 g/mol. The zero-order valence-corrected chi connectivity index (χ0v) is 19.2. The van der Waals surface area contributed by atoms with Crippen molar-refractivity contribution >= 4 is 6.29 Å². The van der Waals surface area contributed by atoms with Crippen LogP contribution in [0.1, 0.15) is 16.7 Å². The highest BCUT2D eigenvalue weighted by molar-refractivity contribution is 5.57. The molecule has 1 aliphatic rings. The molecule has 1 saturated heterocycles. The maximum atomic E-state index is 12.0. The first-order valence-electron chi connectivity index (χ1n) is 11.4. The smallest absolute Gasteiger partial charge is 0.187 e. The Morgan fingerprint density at radius 1 is 0.647 bits per heavy atom. The van der Waals surface area contributed by atoms with Crippen molar-refractivity contribution in [1.82, 2.24) is 0 Å². The van der Waals surface area contributed by atoms with Crippen LogP contribution in [0.4, 0.5) is 0 Å². The SMILES string of the molecule is COC1OC(C=O)C(OCc2ccccc2)C(OCc2ccccc2)C1OCc1ccccc1. The minimum atomic E-state index is -0.856. The van der Waals surface area contributed by atoms with Crippen LogP contribution in [0.3, 0.4) is 0 Å². The molecule has 5 unspecified atom stereocenters. The van der Waals surface area contributed by atoms with Crippen LogP contribution in [0.25, 0.3) is 0 Å². The normalized spacial score (nSPS) is 24.6. The second-order valence-corrected chi connectivity index (χ2v) is 8.12. The van der Waals surface area contributed by atoms with Gasteiger partial charge in [0.2, 0.25) is 0 Å². The standard InChI is InChI=1S/C28H30O6/c1-30-28-27(33-20-23-15-9-4-10-16-23)26(32-19-22-13-7-3-8-14-22)25(24(17-29)34-28)31-18-21-11-5-2-6-12-21/h2-17,24-28H,18-20H2,1H3. The van der Waals surface area contributed by atoms with Gasteiger partial charge in [0.25, 0.3) is 0 Å². The number of carbonyl (C=O) groups is 1. The van der Waals surface area contributed by atoms with Crippen molar-refractivity contribution in [2.45, 2.75) is 50.5 Å². The van der Waals surface area contributed by atoms with E-state index in [-0.39, 0.29) is 0 Å². The lowest BCUT2D eigenvalue weighted by Crippen LogP contribution is -2.61. The third kappa shape index (κ3) is 6.38. The van der Waals surface area contributed by atoms with Gasteiger partial charge in [0, 0.05) is 7.11 Å². The highest BCUT2D eigenvalue weighted by atomic mass is 16.7. The molecule has 0 N–H and O–H groups in total. The van der Waals surface area contributed by atoms with E-state index in [1.54, 1.807) is 0 Å². The predicted molar refractivity (Wildman–Crippen MR) is 127 cm³/mol. The summed E-state index contributed by atoms with van der Waals surface area (Å²) in [6.07, 6.45) is -2.77. The van der Waals surface area contributed by atoms with Crippen LogP contribution in [0, 0.1) is 0 Å². The molecule has 6 heteroatoms. The third-order valence-corrected chi connectivity index (χ3v) is 5.75. The van der Waals surface area contributed by atoms with E-state index in [9.17, 15) is 4.79 Å². The van der Waals surface area contributed by atoms with Crippen LogP contribution in [-0.2, 0) is 48.3 Å². The van der Waals surface area contributed by atoms with E-state index in [0.717, 1.165) is 23.0 Å². The van der Waals surface area contributed by atoms with Gasteiger partial charge in [-0.25, -0.2) is 0 Å². The largest absolute Gasteiger partial charge is 0.368 e. The summed E-state index contributed by atoms with van der Waals surface area (Å²) in [5.41, 5.74) is 3.01. The summed E-state index contributed by atoms with van der Waals surface area (Å²) in [7, 11) is 1.53. The molecular formula is C28H30O6. The maximum Gasteiger partial charge on any atom is 0.187 e. The van der Waals surface area contributed by atoms with Crippen LogP contribution < -0.4 is 0 Å². The predicted octanol–water partition coefficient (Wildman–Crippen LogP) is 4.31. The summed E-state index contributed by atoms with van der Waals surface area (Å²) in [6, 6.07) is 29.5. The molecule has 0 aromatic heterocycles. The fourth-order valence-electron chi connectivity index (χ4n) is 3.99. The molecule has 0 bridgehead atoms. The molecule has 5 atom stereocenters. The van der Waals surface area contributed by atoms with Crippen molar-refractivity contribution in [2.24, 2.45) is 0 Å². The van der Waals surface area contributed by atoms with Gasteiger partial charge >= 0.3 is 0 Å². The van der Waals surface area contributed by atoms with E-state index in [1.807, 2.05) is 91.0 Å². The van der Waals surface area contributed by atoms with E-state index in [1.165, 1.54) is 7.11 Å². The Morgan fingerprint density at radius 3 is 1.47 bits per heavy atom. The van der Waals surface area contributed by atoms with Crippen molar-refractivity contribution in [2.75, 3.05) is 7.11 Å². The topological polar surface area (TPSA) is 63.2 Å². The van der Waals surface area contributed by atoms with Crippen molar-refractivity contribution in [3.05, 3.63) is 108 Å². The van der Waals surface area contributed by atoms with Crippen LogP contribution in [0.15, 0.2) is 91.0 Å². The number of methoxy groups -OCH3 is 1. The lowest BCUT2D eigenvalue weighted by molar-refractivity contribution is -0.309. The number of ether oxygens (including phenoxy) is 5. The van der Waals surface area contributed by atoms with Crippen molar-refractivity contribution in [3.63, 3.8) is 0 Å². The van der Waals surface area contributed by atoms with Crippen LogP contribution in [0.2, 0.25) is 0 Å². The Balaban J connectivity index is 1.57. The minimum absolute atomic E-state index is 0.313. The first-order chi connectivity index (χ1) is 16.8. The molecule has 34 heavy (non-hydrogen) atoms. The first-order valence-corrected chi connectivity index (χ1v) is 11.4. The van der Waals surface area contributed by atoms with E-state index in [4.69, 9.17) is 23.7 Å². The molecule has 1 heterocycles. The molecule has 0 spiro atoms. The van der Waals surface area contributed by atoms with Crippen molar-refractivity contribution in [1.29, 1.82) is 0 Å². The van der Waals surface area contributed by atoms with Gasteiger partial charge in [0.15, 0.2) is 12.6 Å². The van der Waals surface area contributed by atoms with Gasteiger partial charge in [0.05, 0.1) is 19.8 Å². The Kier molecular flexibility index (Phi) is 8.96. The zero-order valence-electron chi connectivity index (χ0n) is 19.2. The maximum absolute atomic E-state index is 12.0. The van der Waals surface area contributed by atoms with Gasteiger partial charge in [-0.05, 0) is 16.7 Å². The van der Waals surface area contributed by atoms with Crippen molar-refractivity contribution in [3.8, 4) is 0 Å². The summed E-state index contributed by atoms with van der Waals surface area (Å²) in [6.45, 7) is 0.994. The summed E-state index contributed by atoms with van der Waals surface area (Å²) < 4.78 is 30.4. The second-order valence-electron chi connectivity index (χ2n) is 8.12. The lowest BCUT2D eigenvalue weighted by Gasteiger charge is -2.44. The Morgan fingerprint density at radius 2 is 1.06 bits per heavy atom. The molecule has 0 aliphatic carbocycles. The molecule has 178 valence electrons. The molecule has 0 radical (unpaired) electrons. The Hall–Kier alpha value is -2.87. The number of aldehydes is 1. The number of rotatable bonds is 11. The van der Waals surface area contributed by atoms with Gasteiger partial charge in [-0.2, -0.15) is 0 Å². The van der Waals surface area contributed by atoms with Crippen LogP contribution in [0.5, 0.6) is 0 Å². The highest BCUT2D eigenvalue weighted by Crippen LogP contribution is 2.30. The molecular weight excluding hydrogens is 432 g/mol. The molecule has 0 saturated carbocycles. The van der Waals surface area contributed by atoms with Crippen molar-refractivity contribution < 1.29 is 28.5 Å². The van der Waals surface area contributed by atoms with E-state index >= 15 is 0 Å². The number of carbonyl (C=O) groups excluding carboxylic acids is 1. The summed E-state index contributed by atoms with van der Waals surface area (Å²) in [4.78, 5) is 12.0. The minimum Gasteiger partial charge on any atom is -0.368 e. The summed E-state index contributed by atoms with van der Waals surface area (Å²) in [5, 5.41) is 0. The van der Waals surface area contributed by atoms with E-state index in [0.29, 0.717) is 19.8 Å². The fraction of sp³-hybridized carbons (Fsp3) is 0.321. The molecule has 4 rings (SSSR count). The zero-order chi connectivity index (χ0) is 23.6. The number of benzene rings is 3. The average Bonchev–Trinajstić information content (AvgIpc) is 2.91. The quantitative estimate of drug-likeness (QED) is 0.396. The number of hydrogen-bond donors (Lipinski definition) is 0. The van der Waals surface area contributed by atoms with E-state index < -0.39 is 30.7 Å². The summed E-state index contributed by atoms with van der Waals surface area (Å²) in [5.74, 6) is 0. The number of hydrogen-bond acceptors (Lipinski definition) is 6. The third-order valence-electron chi connectivity index (χ3n) is 5.75. The van der Waals surface area contributed by atoms with Gasteiger partial charge in [0.1, 0.15) is 24.4 Å². The van der Waals surface area contributed by atoms with E-state index in [2.05, 4.69) is 0 Å². The Labute approximate surface area is 200 Å². The lowest BCUT2D eigenvalue weighted by atomic mass is 9.98. The van der Waals surface area contributed by atoms with Crippen LogP contribution in [-0.4, -0.2) is 44.1 Å². The van der Waals surface area contributed by atoms with Gasteiger partial charge in [-0.3, -0.25) is 0 Å². The first kappa shape index (κ1) is 24.3. The van der Waals surface area contributed by atoms with Gasteiger partial charge in [-0.15, -0.1) is 0 Å². The van der Waals surface area contributed by atoms with Gasteiger partial charge in [-0.1, -0.05) is 91.0 Å². The summed E-state index contributed by atoms with van der Waals surface area (Å²) >= 11 is 0. The molecule has 0 amide bonds. The highest BCUT2D eigenvalue weighted by Gasteiger charge is 2.48. The molecule has 6 nitrogen and oxygen atoms in total. The van der Waals surface area contributed by atoms with Gasteiger partial charge < -0.3 is 28.5 Å².